The molecule has 4 aliphatic rings. The Balaban J connectivity index is 1.53. The summed E-state index contributed by atoms with van der Waals surface area (Å²) in [7, 11) is 0. The molecule has 4 heteroatoms. The Morgan fingerprint density at radius 3 is 2.36 bits per heavy atom. The quantitative estimate of drug-likeness (QED) is 0.859. The number of nitrogens with two attached hydrogens (primary N) is 1. The van der Waals surface area contributed by atoms with Crippen LogP contribution >= 0.6 is 11.3 Å². The molecule has 0 spiro atoms. The Labute approximate surface area is 135 Å². The lowest BCUT2D eigenvalue weighted by molar-refractivity contribution is -0.137. The fourth-order valence-electron chi connectivity index (χ4n) is 5.67. The Morgan fingerprint density at radius 2 is 1.82 bits per heavy atom. The van der Waals surface area contributed by atoms with Crippen LogP contribution in [0.1, 0.15) is 67.2 Å². The van der Waals surface area contributed by atoms with Crippen molar-refractivity contribution in [3.63, 3.8) is 0 Å². The Hall–Kier alpha value is -0.870. The van der Waals surface area contributed by atoms with Crippen molar-refractivity contribution in [1.82, 2.24) is 0 Å². The van der Waals surface area contributed by atoms with Crippen LogP contribution in [-0.4, -0.2) is 11.1 Å². The lowest BCUT2D eigenvalue weighted by atomic mass is 9.49. The van der Waals surface area contributed by atoms with Gasteiger partial charge in [-0.15, -0.1) is 11.3 Å². The number of carbonyl (C=O) groups is 1. The van der Waals surface area contributed by atoms with Gasteiger partial charge in [-0.1, -0.05) is 0 Å². The third-order valence-electron chi connectivity index (χ3n) is 6.22. The van der Waals surface area contributed by atoms with Crippen molar-refractivity contribution in [2.24, 2.45) is 23.5 Å². The van der Waals surface area contributed by atoms with Gasteiger partial charge in [0.15, 0.2) is 0 Å². The molecule has 4 saturated carbocycles. The molecular weight excluding hydrogens is 294 g/mol. The number of hydrogen-bond donors (Lipinski definition) is 2. The second kappa shape index (κ2) is 5.34. The average Bonchev–Trinajstić information content (AvgIpc) is 2.94. The summed E-state index contributed by atoms with van der Waals surface area (Å²) in [5.74, 6) is 2.11. The molecule has 1 atom stereocenters. The molecular formula is C18H25NO2S. The van der Waals surface area contributed by atoms with E-state index in [0.29, 0.717) is 11.8 Å². The molecule has 0 saturated heterocycles. The minimum Gasteiger partial charge on any atom is -0.481 e. The Morgan fingerprint density at radius 1 is 1.23 bits per heavy atom. The van der Waals surface area contributed by atoms with Crippen LogP contribution in [0.25, 0.3) is 0 Å². The molecule has 1 aromatic heterocycles. The Kier molecular flexibility index (Phi) is 3.57. The first kappa shape index (κ1) is 14.7. The number of carboxylic acid groups (broad SMARTS) is 1. The average molecular weight is 319 g/mol. The van der Waals surface area contributed by atoms with Crippen LogP contribution in [0.4, 0.5) is 0 Å². The highest BCUT2D eigenvalue weighted by molar-refractivity contribution is 7.12. The summed E-state index contributed by atoms with van der Waals surface area (Å²) in [6.45, 7) is 0. The fraction of sp³-hybridized carbons (Fsp3) is 0.722. The molecule has 120 valence electrons. The summed E-state index contributed by atoms with van der Waals surface area (Å²) in [5.41, 5.74) is 6.63. The zero-order valence-corrected chi connectivity index (χ0v) is 13.8. The van der Waals surface area contributed by atoms with Crippen LogP contribution in [0.5, 0.6) is 0 Å². The van der Waals surface area contributed by atoms with Gasteiger partial charge in [0.05, 0.1) is 0 Å². The van der Waals surface area contributed by atoms with Gasteiger partial charge in [-0.2, -0.15) is 0 Å². The van der Waals surface area contributed by atoms with E-state index in [9.17, 15) is 4.79 Å². The molecule has 4 fully saturated rings. The van der Waals surface area contributed by atoms with E-state index >= 15 is 0 Å². The summed E-state index contributed by atoms with van der Waals surface area (Å²) in [5, 5.41) is 8.82. The van der Waals surface area contributed by atoms with Gasteiger partial charge < -0.3 is 10.8 Å². The van der Waals surface area contributed by atoms with Crippen molar-refractivity contribution in [3.05, 3.63) is 21.9 Å². The van der Waals surface area contributed by atoms with Crippen LogP contribution in [-0.2, 0) is 10.2 Å². The highest BCUT2D eigenvalue weighted by Crippen LogP contribution is 2.61. The first-order valence-corrected chi connectivity index (χ1v) is 9.43. The topological polar surface area (TPSA) is 63.3 Å². The van der Waals surface area contributed by atoms with E-state index in [-0.39, 0.29) is 12.5 Å². The Bertz CT molecular complexity index is 544. The summed E-state index contributed by atoms with van der Waals surface area (Å²) >= 11 is 1.86. The van der Waals surface area contributed by atoms with Crippen molar-refractivity contribution >= 4 is 17.3 Å². The number of carboxylic acids is 1. The van der Waals surface area contributed by atoms with E-state index in [0.717, 1.165) is 17.8 Å². The van der Waals surface area contributed by atoms with Crippen LogP contribution in [0, 0.1) is 17.8 Å². The SMILES string of the molecule is N[C@@H](CCC(=O)O)c1ccc(C23CC4CC(CC(C4)C2)C3)s1. The highest BCUT2D eigenvalue weighted by Gasteiger charge is 2.52. The molecule has 4 aliphatic carbocycles. The zero-order chi connectivity index (χ0) is 15.3. The van der Waals surface area contributed by atoms with E-state index in [4.69, 9.17) is 10.8 Å². The van der Waals surface area contributed by atoms with Crippen molar-refractivity contribution < 1.29 is 9.90 Å². The summed E-state index contributed by atoms with van der Waals surface area (Å²) < 4.78 is 0. The van der Waals surface area contributed by atoms with Gasteiger partial charge in [0, 0.05) is 27.6 Å². The molecule has 4 bridgehead atoms. The molecule has 0 aliphatic heterocycles. The minimum atomic E-state index is -0.756. The van der Waals surface area contributed by atoms with Gasteiger partial charge in [0.2, 0.25) is 0 Å². The van der Waals surface area contributed by atoms with Gasteiger partial charge in [-0.3, -0.25) is 4.79 Å². The van der Waals surface area contributed by atoms with Crippen molar-refractivity contribution in [1.29, 1.82) is 0 Å². The minimum absolute atomic E-state index is 0.122. The summed E-state index contributed by atoms with van der Waals surface area (Å²) in [6.07, 6.45) is 9.23. The standard InChI is InChI=1S/C18H25NO2S/c19-14(1-4-17(20)21)15-2-3-16(22-15)18-8-11-5-12(9-18)7-13(6-11)10-18/h2-3,11-14H,1,4-10,19H2,(H,20,21)/t11?,12?,13?,14-,18?/m0/s1. The molecule has 3 N–H and O–H groups in total. The van der Waals surface area contributed by atoms with Crippen LogP contribution in [0.3, 0.4) is 0 Å². The predicted octanol–water partition coefficient (Wildman–Crippen LogP) is 4.08. The zero-order valence-electron chi connectivity index (χ0n) is 13.0. The molecule has 0 radical (unpaired) electrons. The first-order valence-electron chi connectivity index (χ1n) is 8.62. The van der Waals surface area contributed by atoms with Crippen LogP contribution < -0.4 is 5.73 Å². The fourth-order valence-corrected chi connectivity index (χ4v) is 6.93. The largest absolute Gasteiger partial charge is 0.481 e. The number of rotatable bonds is 5. The predicted molar refractivity (Wildman–Crippen MR) is 88.0 cm³/mol. The maximum Gasteiger partial charge on any atom is 0.303 e. The monoisotopic (exact) mass is 319 g/mol. The van der Waals surface area contributed by atoms with Gasteiger partial charge in [0.1, 0.15) is 0 Å². The molecule has 1 aromatic rings. The van der Waals surface area contributed by atoms with Gasteiger partial charge in [-0.25, -0.2) is 0 Å². The van der Waals surface area contributed by atoms with E-state index in [1.165, 1.54) is 48.3 Å². The van der Waals surface area contributed by atoms with Crippen molar-refractivity contribution in [2.45, 2.75) is 62.8 Å². The highest BCUT2D eigenvalue weighted by atomic mass is 32.1. The van der Waals surface area contributed by atoms with E-state index in [1.807, 2.05) is 11.3 Å². The lowest BCUT2D eigenvalue weighted by Gasteiger charge is -2.56. The third-order valence-corrected chi connectivity index (χ3v) is 7.69. The van der Waals surface area contributed by atoms with E-state index in [1.54, 1.807) is 0 Å². The smallest absolute Gasteiger partial charge is 0.303 e. The van der Waals surface area contributed by atoms with E-state index in [2.05, 4.69) is 12.1 Å². The number of thiophene rings is 1. The van der Waals surface area contributed by atoms with Gasteiger partial charge in [0.25, 0.3) is 0 Å². The first-order chi connectivity index (χ1) is 10.5. The molecule has 1 heterocycles. The lowest BCUT2D eigenvalue weighted by Crippen LogP contribution is -2.48. The van der Waals surface area contributed by atoms with E-state index < -0.39 is 5.97 Å². The second-order valence-corrected chi connectivity index (χ2v) is 9.05. The van der Waals surface area contributed by atoms with Crippen LogP contribution in [0.2, 0.25) is 0 Å². The maximum absolute atomic E-state index is 10.7. The molecule has 3 nitrogen and oxygen atoms in total. The molecule has 0 aromatic carbocycles. The molecule has 0 amide bonds. The van der Waals surface area contributed by atoms with Crippen molar-refractivity contribution in [2.75, 3.05) is 0 Å². The summed E-state index contributed by atoms with van der Waals surface area (Å²) in [4.78, 5) is 13.4. The number of aliphatic carboxylic acids is 1. The normalized spacial score (nSPS) is 37.4. The molecule has 22 heavy (non-hydrogen) atoms. The molecule has 5 rings (SSSR count). The molecule has 0 unspecified atom stereocenters. The van der Waals surface area contributed by atoms with Crippen LogP contribution in [0.15, 0.2) is 12.1 Å². The maximum atomic E-state index is 10.7. The van der Waals surface area contributed by atoms with Gasteiger partial charge in [-0.05, 0) is 74.8 Å². The van der Waals surface area contributed by atoms with Gasteiger partial charge >= 0.3 is 5.97 Å². The van der Waals surface area contributed by atoms with Crippen molar-refractivity contribution in [3.8, 4) is 0 Å². The second-order valence-electron chi connectivity index (χ2n) is 7.94. The third kappa shape index (κ3) is 2.50. The summed E-state index contributed by atoms with van der Waals surface area (Å²) in [6, 6.07) is 4.34. The number of hydrogen-bond acceptors (Lipinski definition) is 3.